The summed E-state index contributed by atoms with van der Waals surface area (Å²) in [6.45, 7) is 0. The zero-order chi connectivity index (χ0) is 52.7. The Morgan fingerprint density at radius 2 is 0.972 bits per heavy atom. The topological polar surface area (TPSA) is 304 Å². The fourth-order valence-corrected chi connectivity index (χ4v) is 7.64. The van der Waals surface area contributed by atoms with Gasteiger partial charge in [0.25, 0.3) is 0 Å². The Kier molecular flexibility index (Phi) is 23.0. The van der Waals surface area contributed by atoms with Crippen LogP contribution in [0.2, 0.25) is 15.7 Å². The van der Waals surface area contributed by atoms with E-state index >= 15 is 0 Å². The summed E-state index contributed by atoms with van der Waals surface area (Å²) in [4.78, 5) is 23.9. The maximum absolute atomic E-state index is 11.1. The first-order chi connectivity index (χ1) is 34.3. The molecule has 0 fully saturated rings. The molecule has 3 aromatic heterocycles. The Morgan fingerprint density at radius 1 is 0.542 bits per heavy atom. The number of anilines is 3. The zero-order valence-corrected chi connectivity index (χ0v) is 42.5. The fourth-order valence-electron chi connectivity index (χ4n) is 5.85. The van der Waals surface area contributed by atoms with Crippen molar-refractivity contribution in [1.82, 2.24) is 29.9 Å². The predicted octanol–water partition coefficient (Wildman–Crippen LogP) is 6.71. The number of methoxy groups -OCH3 is 3. The number of benzene rings is 5. The van der Waals surface area contributed by atoms with Crippen molar-refractivity contribution in [2.45, 2.75) is 11.5 Å². The predicted molar refractivity (Wildman–Crippen MR) is 282 cm³/mol. The van der Waals surface area contributed by atoms with E-state index in [1.54, 1.807) is 118 Å². The number of aromatic nitrogens is 6. The molecule has 8 rings (SSSR count). The van der Waals surface area contributed by atoms with Crippen LogP contribution in [-0.2, 0) is 31.6 Å². The van der Waals surface area contributed by atoms with Crippen molar-refractivity contribution in [2.75, 3.05) is 32.4 Å². The van der Waals surface area contributed by atoms with Crippen molar-refractivity contribution in [1.29, 1.82) is 0 Å². The van der Waals surface area contributed by atoms with E-state index in [0.29, 0.717) is 39.1 Å². The van der Waals surface area contributed by atoms with Gasteiger partial charge in [0.15, 0.2) is 0 Å². The molecule has 5 aromatic carbocycles. The van der Waals surface area contributed by atoms with Crippen LogP contribution in [0.1, 0.15) is 11.1 Å². The summed E-state index contributed by atoms with van der Waals surface area (Å²) in [5.74, 6) is 2.06. The van der Waals surface area contributed by atoms with Crippen LogP contribution in [-0.4, -0.2) is 85.2 Å². The quantitative estimate of drug-likeness (QED) is 0.0321. The Morgan fingerprint density at radius 3 is 1.40 bits per heavy atom. The minimum atomic E-state index is -3.55. The van der Waals surface area contributed by atoms with Crippen LogP contribution in [0.15, 0.2) is 158 Å². The number of rotatable bonds is 12. The van der Waals surface area contributed by atoms with Crippen molar-refractivity contribution in [3.05, 3.63) is 185 Å². The highest BCUT2D eigenvalue weighted by molar-refractivity contribution is 7.88. The van der Waals surface area contributed by atoms with Gasteiger partial charge < -0.3 is 35.3 Å². The Labute approximate surface area is 432 Å². The number of nitrogen functional groups attached to an aromatic ring is 1. The molecule has 0 saturated heterocycles. The van der Waals surface area contributed by atoms with Crippen LogP contribution >= 0.6 is 34.8 Å². The molecule has 0 radical (unpaired) electrons. The van der Waals surface area contributed by atoms with Gasteiger partial charge in [-0.15, -0.1) is 0 Å². The van der Waals surface area contributed by atoms with Crippen LogP contribution in [0, 0.1) is 0 Å². The fraction of sp³-hybridized carbons (Fsp3) is 0.106. The third-order valence-electron chi connectivity index (χ3n) is 8.98. The Hall–Kier alpha value is -6.99. The molecule has 9 N–H and O–H groups in total. The number of ether oxygens (including phenoxy) is 3. The molecule has 19 nitrogen and oxygen atoms in total. The highest BCUT2D eigenvalue weighted by atomic mass is 35.5. The number of halogens is 3. The minimum absolute atomic E-state index is 0.146. The SMILES string of the molecule is COc1ccccc1-c1ccnc(Cl)n1.COc1ccccc1-c1ccnc(Nc2ccc(CS(N)(=O)=O)cc2)n1.COc1ccccc1B(O)O.Clc1ccnc(Cl)n1.Nc1ccc(CS(N)(=O)=O)cc1. The summed E-state index contributed by atoms with van der Waals surface area (Å²) >= 11 is 16.5. The van der Waals surface area contributed by atoms with Crippen LogP contribution < -0.4 is 41.0 Å². The molecular formula is C47H48BCl3N10O9S2. The second-order valence-corrected chi connectivity index (χ2v) is 18.6. The highest BCUT2D eigenvalue weighted by Gasteiger charge is 2.15. The lowest BCUT2D eigenvalue weighted by Crippen LogP contribution is -2.30. The number of hydrogen-bond donors (Lipinski definition) is 6. The Bertz CT molecular complexity index is 3170. The maximum Gasteiger partial charge on any atom is 0.492 e. The number of nitrogens with two attached hydrogens (primary N) is 3. The number of sulfonamides is 2. The first-order valence-electron chi connectivity index (χ1n) is 20.7. The average molecular weight is 1080 g/mol. The van der Waals surface area contributed by atoms with Crippen molar-refractivity contribution in [2.24, 2.45) is 10.3 Å². The van der Waals surface area contributed by atoms with Crippen molar-refractivity contribution in [3.63, 3.8) is 0 Å². The largest absolute Gasteiger partial charge is 0.497 e. The third kappa shape index (κ3) is 20.8. The van der Waals surface area contributed by atoms with E-state index in [9.17, 15) is 16.8 Å². The second-order valence-electron chi connectivity index (χ2n) is 14.3. The summed E-state index contributed by atoms with van der Waals surface area (Å²) in [6.07, 6.45) is 4.78. The molecule has 0 aliphatic heterocycles. The molecular weight excluding hydrogens is 1030 g/mol. The van der Waals surface area contributed by atoms with Gasteiger partial charge in [0.1, 0.15) is 22.4 Å². The molecule has 376 valence electrons. The van der Waals surface area contributed by atoms with Crippen LogP contribution in [0.5, 0.6) is 17.2 Å². The molecule has 0 spiro atoms. The highest BCUT2D eigenvalue weighted by Crippen LogP contribution is 2.29. The van der Waals surface area contributed by atoms with E-state index in [1.807, 2.05) is 48.5 Å². The lowest BCUT2D eigenvalue weighted by molar-refractivity contribution is 0.403. The molecule has 0 unspecified atom stereocenters. The molecule has 0 amide bonds. The standard InChI is InChI=1S/C18H18N4O3S.C11H9ClN2O.C7H9BO3.C7H10N2O2S.C4H2Cl2N2/c1-25-17-5-3-2-4-15(17)16-10-11-20-18(22-16)21-14-8-6-13(7-9-14)12-26(19,23)24;1-15-10-5-3-2-4-8(10)9-6-7-13-11(12)14-9;1-11-7-5-3-2-4-6(7)8(9)10;8-7-3-1-6(2-4-7)5-12(9,10)11;5-3-1-2-7-4(6)8-3/h2-11H,12H2,1H3,(H2,19,23,24)(H,20,21,22);2-7H,1H3;2-5,9-10H,1H3;1-4H,5,8H2,(H2,9,10,11);1-2H. The minimum Gasteiger partial charge on any atom is -0.497 e. The van der Waals surface area contributed by atoms with E-state index in [2.05, 4.69) is 35.2 Å². The van der Waals surface area contributed by atoms with E-state index in [1.165, 1.54) is 13.3 Å². The first kappa shape index (κ1) is 57.6. The van der Waals surface area contributed by atoms with E-state index in [-0.39, 0.29) is 22.1 Å². The van der Waals surface area contributed by atoms with Crippen LogP contribution in [0.3, 0.4) is 0 Å². The molecule has 0 aliphatic carbocycles. The van der Waals surface area contributed by atoms with Gasteiger partial charge in [-0.1, -0.05) is 78.3 Å². The van der Waals surface area contributed by atoms with Crippen LogP contribution in [0.4, 0.5) is 17.3 Å². The zero-order valence-electron chi connectivity index (χ0n) is 38.6. The lowest BCUT2D eigenvalue weighted by Gasteiger charge is -2.10. The summed E-state index contributed by atoms with van der Waals surface area (Å²) in [5.41, 5.74) is 11.6. The summed E-state index contributed by atoms with van der Waals surface area (Å²) in [7, 11) is -3.72. The van der Waals surface area contributed by atoms with E-state index in [4.69, 9.17) is 75.1 Å². The molecule has 0 atom stereocenters. The number of nitrogens with zero attached hydrogens (tertiary/aromatic N) is 6. The van der Waals surface area contributed by atoms with E-state index < -0.39 is 27.2 Å². The van der Waals surface area contributed by atoms with Gasteiger partial charge in [0, 0.05) is 46.6 Å². The van der Waals surface area contributed by atoms with Gasteiger partial charge >= 0.3 is 7.12 Å². The lowest BCUT2D eigenvalue weighted by atomic mass is 9.80. The molecule has 8 aromatic rings. The molecule has 0 aliphatic rings. The van der Waals surface area contributed by atoms with Crippen molar-refractivity contribution < 1.29 is 41.1 Å². The number of para-hydroxylation sites is 3. The third-order valence-corrected chi connectivity index (χ3v) is 11.0. The summed E-state index contributed by atoms with van der Waals surface area (Å²) in [6, 6.07) is 40.6. The maximum atomic E-state index is 11.1. The van der Waals surface area contributed by atoms with Crippen molar-refractivity contribution >= 4 is 84.8 Å². The van der Waals surface area contributed by atoms with E-state index in [0.717, 1.165) is 39.7 Å². The van der Waals surface area contributed by atoms with Gasteiger partial charge in [0.05, 0.1) is 44.2 Å². The summed E-state index contributed by atoms with van der Waals surface area (Å²) < 4.78 is 59.0. The van der Waals surface area contributed by atoms with Gasteiger partial charge in [-0.3, -0.25) is 0 Å². The number of hydrogen-bond acceptors (Lipinski definition) is 17. The monoisotopic (exact) mass is 1080 g/mol. The van der Waals surface area contributed by atoms with Crippen LogP contribution in [0.25, 0.3) is 22.5 Å². The number of nitrogens with one attached hydrogen (secondary N) is 1. The Balaban J connectivity index is 0.000000209. The second kappa shape index (κ2) is 28.8. The smallest absolute Gasteiger partial charge is 0.492 e. The summed E-state index contributed by atoms with van der Waals surface area (Å²) in [5, 5.41) is 31.4. The van der Waals surface area contributed by atoms with Gasteiger partial charge in [-0.05, 0) is 107 Å². The van der Waals surface area contributed by atoms with Gasteiger partial charge in [0.2, 0.25) is 36.6 Å². The molecule has 0 bridgehead atoms. The van der Waals surface area contributed by atoms with Gasteiger partial charge in [-0.2, -0.15) is 0 Å². The normalized spacial score (nSPS) is 10.5. The average Bonchev–Trinajstić information content (AvgIpc) is 3.35. The number of primary sulfonamides is 2. The van der Waals surface area contributed by atoms with Gasteiger partial charge in [-0.25, -0.2) is 57.0 Å². The molecule has 3 heterocycles. The first-order valence-corrected chi connectivity index (χ1v) is 25.3. The molecule has 0 saturated carbocycles. The molecule has 72 heavy (non-hydrogen) atoms. The molecule has 25 heteroatoms. The van der Waals surface area contributed by atoms with Crippen molar-refractivity contribution in [3.8, 4) is 39.8 Å².